The van der Waals surface area contributed by atoms with Crippen LogP contribution in [0.4, 0.5) is 13.2 Å². The van der Waals surface area contributed by atoms with Gasteiger partial charge >= 0.3 is 6.18 Å². The summed E-state index contributed by atoms with van der Waals surface area (Å²) in [4.78, 5) is 32.7. The van der Waals surface area contributed by atoms with Gasteiger partial charge in [0.25, 0.3) is 5.56 Å². The second-order valence-electron chi connectivity index (χ2n) is 6.78. The van der Waals surface area contributed by atoms with Crippen LogP contribution in [0.5, 0.6) is 0 Å². The lowest BCUT2D eigenvalue weighted by atomic mass is 10.1. The third-order valence-corrected chi connectivity index (χ3v) is 4.64. The molecular formula is C20H15F3N6O2. The number of alkyl halides is 3. The Morgan fingerprint density at radius 3 is 2.48 bits per heavy atom. The second-order valence-corrected chi connectivity index (χ2v) is 6.78. The van der Waals surface area contributed by atoms with Crippen molar-refractivity contribution >= 4 is 10.9 Å². The Balaban J connectivity index is 1.98. The summed E-state index contributed by atoms with van der Waals surface area (Å²) in [5.74, 6) is -1.27. The fourth-order valence-electron chi connectivity index (χ4n) is 3.00. The van der Waals surface area contributed by atoms with Crippen LogP contribution >= 0.6 is 0 Å². The Kier molecular flexibility index (Phi) is 5.19. The molecular weight excluding hydrogens is 413 g/mol. The van der Waals surface area contributed by atoms with Crippen molar-refractivity contribution < 1.29 is 18.3 Å². The molecule has 0 fully saturated rings. The molecule has 11 heteroatoms. The molecule has 0 aliphatic heterocycles. The first-order chi connectivity index (χ1) is 14.8. The molecule has 0 radical (unpaired) electrons. The third-order valence-electron chi connectivity index (χ3n) is 4.64. The van der Waals surface area contributed by atoms with Gasteiger partial charge in [-0.1, -0.05) is 0 Å². The van der Waals surface area contributed by atoms with E-state index >= 15 is 0 Å². The number of pyridine rings is 2. The molecule has 158 valence electrons. The smallest absolute Gasteiger partial charge is 0.394 e. The number of aromatic nitrogens is 6. The maximum atomic E-state index is 13.1. The molecule has 8 nitrogen and oxygen atoms in total. The van der Waals surface area contributed by atoms with Crippen molar-refractivity contribution in [2.75, 3.05) is 6.61 Å². The summed E-state index contributed by atoms with van der Waals surface area (Å²) < 4.78 is 39.7. The molecule has 4 aromatic heterocycles. The van der Waals surface area contributed by atoms with Gasteiger partial charge in [-0.15, -0.1) is 0 Å². The summed E-state index contributed by atoms with van der Waals surface area (Å²) in [5, 5.41) is 9.61. The fourth-order valence-corrected chi connectivity index (χ4v) is 3.00. The van der Waals surface area contributed by atoms with E-state index in [2.05, 4.69) is 24.9 Å². The number of halogens is 3. The number of fused-ring (bicyclic) bond motifs is 1. The Morgan fingerprint density at radius 1 is 1.13 bits per heavy atom. The highest BCUT2D eigenvalue weighted by molar-refractivity contribution is 5.93. The number of hydrogen-bond donors (Lipinski definition) is 1. The van der Waals surface area contributed by atoms with Gasteiger partial charge in [-0.25, -0.2) is 19.9 Å². The monoisotopic (exact) mass is 428 g/mol. The zero-order valence-corrected chi connectivity index (χ0v) is 16.1. The largest absolute Gasteiger partial charge is 0.451 e. The summed E-state index contributed by atoms with van der Waals surface area (Å²) >= 11 is 0. The zero-order chi connectivity index (χ0) is 22.2. The third kappa shape index (κ3) is 3.87. The first-order valence-corrected chi connectivity index (χ1v) is 9.12. The lowest BCUT2D eigenvalue weighted by molar-refractivity contribution is -0.144. The minimum Gasteiger partial charge on any atom is -0.394 e. The molecule has 0 aliphatic rings. The summed E-state index contributed by atoms with van der Waals surface area (Å²) in [5.41, 5.74) is 1.19. The van der Waals surface area contributed by atoms with Gasteiger partial charge in [0.1, 0.15) is 5.52 Å². The van der Waals surface area contributed by atoms with E-state index in [0.717, 1.165) is 12.4 Å². The van der Waals surface area contributed by atoms with Gasteiger partial charge in [0, 0.05) is 35.9 Å². The molecule has 4 heterocycles. The van der Waals surface area contributed by atoms with E-state index < -0.39 is 23.6 Å². The number of rotatable bonds is 4. The van der Waals surface area contributed by atoms with Crippen molar-refractivity contribution in [2.45, 2.75) is 19.1 Å². The topological polar surface area (TPSA) is 107 Å². The highest BCUT2D eigenvalue weighted by atomic mass is 19.4. The summed E-state index contributed by atoms with van der Waals surface area (Å²) in [6.45, 7) is 1.38. The molecule has 1 N–H and O–H groups in total. The van der Waals surface area contributed by atoms with Crippen LogP contribution in [0.1, 0.15) is 18.8 Å². The molecule has 0 aliphatic carbocycles. The number of nitrogens with zero attached hydrogens (tertiary/aromatic N) is 6. The maximum absolute atomic E-state index is 13.1. The van der Waals surface area contributed by atoms with E-state index in [1.54, 1.807) is 31.5 Å². The van der Waals surface area contributed by atoms with E-state index in [1.807, 2.05) is 0 Å². The van der Waals surface area contributed by atoms with Crippen LogP contribution in [0.3, 0.4) is 0 Å². The standard InChI is InChI=1S/C20H15F3N6O2/c1-11(9-30)29-10-27-17-14(18(29)31)5-15(28-16(17)12-3-2-4-24-6-12)13-7-25-19(26-8-13)20(21,22)23/h2-8,10-11,30H,9H2,1H3. The average molecular weight is 428 g/mol. The lowest BCUT2D eigenvalue weighted by Gasteiger charge is -2.14. The highest BCUT2D eigenvalue weighted by Crippen LogP contribution is 2.30. The molecule has 4 aromatic rings. The summed E-state index contributed by atoms with van der Waals surface area (Å²) in [6.07, 6.45) is 1.77. The molecule has 1 atom stereocenters. The number of aliphatic hydroxyl groups excluding tert-OH is 1. The molecule has 0 saturated heterocycles. The van der Waals surface area contributed by atoms with Gasteiger partial charge in [0.05, 0.1) is 35.8 Å². The van der Waals surface area contributed by atoms with Crippen molar-refractivity contribution in [3.8, 4) is 22.5 Å². The molecule has 0 bridgehead atoms. The van der Waals surface area contributed by atoms with Crippen LogP contribution in [-0.4, -0.2) is 41.2 Å². The first kappa shape index (κ1) is 20.5. The zero-order valence-electron chi connectivity index (χ0n) is 16.1. The van der Waals surface area contributed by atoms with Crippen LogP contribution in [0, 0.1) is 0 Å². The van der Waals surface area contributed by atoms with Crippen molar-refractivity contribution in [2.24, 2.45) is 0 Å². The quantitative estimate of drug-likeness (QED) is 0.533. The van der Waals surface area contributed by atoms with Gasteiger partial charge in [-0.3, -0.25) is 14.3 Å². The van der Waals surface area contributed by atoms with E-state index in [0.29, 0.717) is 16.8 Å². The Morgan fingerprint density at radius 2 is 1.87 bits per heavy atom. The highest BCUT2D eigenvalue weighted by Gasteiger charge is 2.34. The second kappa shape index (κ2) is 7.84. The van der Waals surface area contributed by atoms with Crippen molar-refractivity contribution in [1.29, 1.82) is 0 Å². The minimum atomic E-state index is -4.67. The fraction of sp³-hybridized carbons (Fsp3) is 0.200. The Bertz CT molecular complexity index is 1290. The van der Waals surface area contributed by atoms with Gasteiger partial charge in [0.15, 0.2) is 0 Å². The van der Waals surface area contributed by atoms with Crippen molar-refractivity contribution in [3.63, 3.8) is 0 Å². The average Bonchev–Trinajstić information content (AvgIpc) is 2.78. The molecule has 0 aromatic carbocycles. The number of hydrogen-bond acceptors (Lipinski definition) is 7. The predicted molar refractivity (Wildman–Crippen MR) is 105 cm³/mol. The first-order valence-electron chi connectivity index (χ1n) is 9.12. The lowest BCUT2D eigenvalue weighted by Crippen LogP contribution is -2.25. The Hall–Kier alpha value is -3.73. The minimum absolute atomic E-state index is 0.187. The molecule has 31 heavy (non-hydrogen) atoms. The van der Waals surface area contributed by atoms with E-state index in [9.17, 15) is 23.1 Å². The van der Waals surface area contributed by atoms with Crippen LogP contribution < -0.4 is 5.56 Å². The van der Waals surface area contributed by atoms with Crippen molar-refractivity contribution in [1.82, 2.24) is 29.5 Å². The summed E-state index contributed by atoms with van der Waals surface area (Å²) in [7, 11) is 0. The normalized spacial score (nSPS) is 12.8. The molecule has 0 spiro atoms. The Labute approximate surface area is 173 Å². The van der Waals surface area contributed by atoms with Crippen LogP contribution in [0.15, 0.2) is 54.1 Å². The molecule has 4 rings (SSSR count). The summed E-state index contributed by atoms with van der Waals surface area (Å²) in [6, 6.07) is 4.33. The van der Waals surface area contributed by atoms with Gasteiger partial charge in [-0.05, 0) is 25.1 Å². The number of aliphatic hydroxyl groups is 1. The maximum Gasteiger partial charge on any atom is 0.451 e. The predicted octanol–water partition coefficient (Wildman–Crippen LogP) is 2.88. The van der Waals surface area contributed by atoms with Gasteiger partial charge < -0.3 is 5.11 Å². The van der Waals surface area contributed by atoms with Crippen molar-refractivity contribution in [3.05, 3.63) is 65.5 Å². The van der Waals surface area contributed by atoms with E-state index in [4.69, 9.17) is 0 Å². The van der Waals surface area contributed by atoms with Crippen LogP contribution in [0.2, 0.25) is 0 Å². The van der Waals surface area contributed by atoms with E-state index in [1.165, 1.54) is 17.0 Å². The van der Waals surface area contributed by atoms with Gasteiger partial charge in [-0.2, -0.15) is 13.2 Å². The molecule has 0 saturated carbocycles. The van der Waals surface area contributed by atoms with E-state index in [-0.39, 0.29) is 23.3 Å². The van der Waals surface area contributed by atoms with Crippen LogP contribution in [0.25, 0.3) is 33.4 Å². The SMILES string of the molecule is CC(CO)n1cnc2c(-c3cccnc3)nc(-c3cnc(C(F)(F)F)nc3)cc2c1=O. The molecule has 1 unspecified atom stereocenters. The van der Waals surface area contributed by atoms with Gasteiger partial charge in [0.2, 0.25) is 5.82 Å². The molecule has 0 amide bonds. The van der Waals surface area contributed by atoms with Crippen LogP contribution in [-0.2, 0) is 6.18 Å².